The molecule has 0 unspecified atom stereocenters. The number of nitrogens with zero attached hydrogens (tertiary/aromatic N) is 2. The van der Waals surface area contributed by atoms with Crippen LogP contribution in [0.3, 0.4) is 0 Å². The molecule has 2 heterocycles. The van der Waals surface area contributed by atoms with Crippen molar-refractivity contribution >= 4 is 34.8 Å². The van der Waals surface area contributed by atoms with Gasteiger partial charge in [-0.1, -0.05) is 30.7 Å². The highest BCUT2D eigenvalue weighted by molar-refractivity contribution is 7.13. The van der Waals surface area contributed by atoms with Crippen molar-refractivity contribution in [3.63, 3.8) is 0 Å². The number of likely N-dealkylation sites (tertiary alicyclic amines) is 1. The minimum atomic E-state index is -0.856. The van der Waals surface area contributed by atoms with Crippen LogP contribution in [0.15, 0.2) is 29.6 Å². The lowest BCUT2D eigenvalue weighted by molar-refractivity contribution is -0.142. The SMILES string of the molecule is C[C@@H]1CN(C(=O)c2csc(-c3cccc(Cl)c3)n2)C[C@H]1C(=O)O. The number of rotatable bonds is 3. The van der Waals surface area contributed by atoms with Gasteiger partial charge in [-0.15, -0.1) is 11.3 Å². The first-order chi connectivity index (χ1) is 11.0. The predicted octanol–water partition coefficient (Wildman–Crippen LogP) is 3.26. The van der Waals surface area contributed by atoms with Gasteiger partial charge in [0, 0.05) is 29.1 Å². The average molecular weight is 351 g/mol. The molecule has 7 heteroatoms. The summed E-state index contributed by atoms with van der Waals surface area (Å²) in [5, 5.41) is 12.2. The van der Waals surface area contributed by atoms with E-state index in [0.717, 1.165) is 10.6 Å². The van der Waals surface area contributed by atoms with E-state index in [9.17, 15) is 9.59 Å². The predicted molar refractivity (Wildman–Crippen MR) is 88.8 cm³/mol. The first-order valence-corrected chi connectivity index (χ1v) is 8.45. The second kappa shape index (κ2) is 6.29. The van der Waals surface area contributed by atoms with Crippen LogP contribution >= 0.6 is 22.9 Å². The van der Waals surface area contributed by atoms with Gasteiger partial charge in [-0.25, -0.2) is 4.98 Å². The maximum absolute atomic E-state index is 12.5. The van der Waals surface area contributed by atoms with Crippen LogP contribution in [0.5, 0.6) is 0 Å². The molecule has 1 saturated heterocycles. The summed E-state index contributed by atoms with van der Waals surface area (Å²) < 4.78 is 0. The van der Waals surface area contributed by atoms with Gasteiger partial charge in [0.25, 0.3) is 5.91 Å². The Morgan fingerprint density at radius 3 is 2.83 bits per heavy atom. The Morgan fingerprint density at radius 2 is 2.17 bits per heavy atom. The number of aromatic nitrogens is 1. The van der Waals surface area contributed by atoms with Crippen molar-refractivity contribution < 1.29 is 14.7 Å². The highest BCUT2D eigenvalue weighted by Gasteiger charge is 2.37. The number of carboxylic acids is 1. The molecule has 1 aromatic heterocycles. The number of hydrogen-bond donors (Lipinski definition) is 1. The molecule has 1 fully saturated rings. The fraction of sp³-hybridized carbons (Fsp3) is 0.312. The van der Waals surface area contributed by atoms with Crippen molar-refractivity contribution in [2.45, 2.75) is 6.92 Å². The molecule has 1 aromatic carbocycles. The summed E-state index contributed by atoms with van der Waals surface area (Å²) in [4.78, 5) is 29.6. The Hall–Kier alpha value is -1.92. The third-order valence-corrected chi connectivity index (χ3v) is 5.14. The van der Waals surface area contributed by atoms with Crippen molar-refractivity contribution in [3.05, 3.63) is 40.4 Å². The number of carbonyl (C=O) groups excluding carboxylic acids is 1. The van der Waals surface area contributed by atoms with Crippen molar-refractivity contribution in [2.24, 2.45) is 11.8 Å². The van der Waals surface area contributed by atoms with Gasteiger partial charge < -0.3 is 10.0 Å². The second-order valence-corrected chi connectivity index (χ2v) is 6.97. The third-order valence-electron chi connectivity index (χ3n) is 4.01. The van der Waals surface area contributed by atoms with E-state index in [1.165, 1.54) is 11.3 Å². The summed E-state index contributed by atoms with van der Waals surface area (Å²) in [6.45, 7) is 2.53. The molecule has 0 aliphatic carbocycles. The lowest BCUT2D eigenvalue weighted by atomic mass is 9.99. The van der Waals surface area contributed by atoms with Gasteiger partial charge in [-0.05, 0) is 18.1 Å². The molecule has 2 atom stereocenters. The van der Waals surface area contributed by atoms with Crippen LogP contribution < -0.4 is 0 Å². The molecular weight excluding hydrogens is 336 g/mol. The van der Waals surface area contributed by atoms with Crippen molar-refractivity contribution in [1.82, 2.24) is 9.88 Å². The zero-order valence-electron chi connectivity index (χ0n) is 12.4. The molecule has 0 radical (unpaired) electrons. The number of carbonyl (C=O) groups is 2. The number of thiazole rings is 1. The monoisotopic (exact) mass is 350 g/mol. The molecule has 2 aromatic rings. The van der Waals surface area contributed by atoms with Crippen LogP contribution in [0.4, 0.5) is 0 Å². The minimum Gasteiger partial charge on any atom is -0.481 e. The molecule has 23 heavy (non-hydrogen) atoms. The van der Waals surface area contributed by atoms with Crippen LogP contribution in [-0.2, 0) is 4.79 Å². The van der Waals surface area contributed by atoms with Crippen LogP contribution in [0, 0.1) is 11.8 Å². The molecule has 1 amide bonds. The van der Waals surface area contributed by atoms with Crippen LogP contribution in [-0.4, -0.2) is 40.0 Å². The van der Waals surface area contributed by atoms with E-state index < -0.39 is 11.9 Å². The van der Waals surface area contributed by atoms with Gasteiger partial charge in [0.15, 0.2) is 0 Å². The maximum atomic E-state index is 12.5. The standard InChI is InChI=1S/C16H15ClN2O3S/c1-9-6-19(7-12(9)16(21)22)15(20)13-8-23-14(18-13)10-3-2-4-11(17)5-10/h2-5,8-9,12H,6-7H2,1H3,(H,21,22)/t9-,12-/m1/s1. The number of hydrogen-bond acceptors (Lipinski definition) is 4. The fourth-order valence-corrected chi connectivity index (χ4v) is 3.72. The molecule has 0 saturated carbocycles. The van der Waals surface area contributed by atoms with Crippen LogP contribution in [0.25, 0.3) is 10.6 Å². The fourth-order valence-electron chi connectivity index (χ4n) is 2.74. The van der Waals surface area contributed by atoms with Gasteiger partial charge in [0.1, 0.15) is 10.7 Å². The van der Waals surface area contributed by atoms with Crippen molar-refractivity contribution in [2.75, 3.05) is 13.1 Å². The quantitative estimate of drug-likeness (QED) is 0.922. The Balaban J connectivity index is 1.78. The van der Waals surface area contributed by atoms with Gasteiger partial charge in [0.2, 0.25) is 0 Å². The van der Waals surface area contributed by atoms with Crippen molar-refractivity contribution in [1.29, 1.82) is 0 Å². The Kier molecular flexibility index (Phi) is 4.37. The Labute approximate surface area is 142 Å². The summed E-state index contributed by atoms with van der Waals surface area (Å²) >= 11 is 7.35. The molecule has 1 aliphatic rings. The first-order valence-electron chi connectivity index (χ1n) is 7.19. The molecule has 120 valence electrons. The van der Waals surface area contributed by atoms with E-state index in [1.54, 1.807) is 22.4 Å². The summed E-state index contributed by atoms with van der Waals surface area (Å²) in [5.41, 5.74) is 1.21. The van der Waals surface area contributed by atoms with E-state index in [4.69, 9.17) is 16.7 Å². The van der Waals surface area contributed by atoms with Gasteiger partial charge in [-0.3, -0.25) is 9.59 Å². The molecular formula is C16H15ClN2O3S. The van der Waals surface area contributed by atoms with E-state index in [2.05, 4.69) is 4.98 Å². The van der Waals surface area contributed by atoms with Gasteiger partial charge >= 0.3 is 5.97 Å². The zero-order valence-corrected chi connectivity index (χ0v) is 14.0. The molecule has 1 aliphatic heterocycles. The number of aliphatic carboxylic acids is 1. The van der Waals surface area contributed by atoms with E-state index in [-0.39, 0.29) is 18.4 Å². The molecule has 0 spiro atoms. The summed E-state index contributed by atoms with van der Waals surface area (Å²) in [6, 6.07) is 7.30. The van der Waals surface area contributed by atoms with Crippen LogP contribution in [0.1, 0.15) is 17.4 Å². The highest BCUT2D eigenvalue weighted by atomic mass is 35.5. The summed E-state index contributed by atoms with van der Waals surface area (Å²) in [6.07, 6.45) is 0. The average Bonchev–Trinajstić information content (AvgIpc) is 3.13. The lowest BCUT2D eigenvalue weighted by Gasteiger charge is -2.13. The number of amides is 1. The summed E-state index contributed by atoms with van der Waals surface area (Å²) in [5.74, 6) is -1.64. The zero-order chi connectivity index (χ0) is 16.6. The van der Waals surface area contributed by atoms with E-state index in [1.807, 2.05) is 19.1 Å². The normalized spacial score (nSPS) is 20.7. The van der Waals surface area contributed by atoms with Crippen LogP contribution in [0.2, 0.25) is 5.02 Å². The van der Waals surface area contributed by atoms with Gasteiger partial charge in [-0.2, -0.15) is 0 Å². The number of halogens is 1. The number of carboxylic acid groups (broad SMARTS) is 1. The second-order valence-electron chi connectivity index (χ2n) is 5.68. The largest absolute Gasteiger partial charge is 0.481 e. The van der Waals surface area contributed by atoms with Crippen molar-refractivity contribution in [3.8, 4) is 10.6 Å². The van der Waals surface area contributed by atoms with Gasteiger partial charge in [0.05, 0.1) is 5.92 Å². The Bertz CT molecular complexity index is 761. The Morgan fingerprint density at radius 1 is 1.39 bits per heavy atom. The summed E-state index contributed by atoms with van der Waals surface area (Å²) in [7, 11) is 0. The molecule has 5 nitrogen and oxygen atoms in total. The third kappa shape index (κ3) is 3.23. The smallest absolute Gasteiger partial charge is 0.308 e. The number of benzene rings is 1. The highest BCUT2D eigenvalue weighted by Crippen LogP contribution is 2.28. The first kappa shape index (κ1) is 16.0. The minimum absolute atomic E-state index is 0.0533. The van der Waals surface area contributed by atoms with E-state index >= 15 is 0 Å². The molecule has 0 bridgehead atoms. The molecule has 3 rings (SSSR count). The maximum Gasteiger partial charge on any atom is 0.308 e. The van der Waals surface area contributed by atoms with E-state index in [0.29, 0.717) is 17.3 Å². The topological polar surface area (TPSA) is 70.5 Å². The molecule has 1 N–H and O–H groups in total. The lowest BCUT2D eigenvalue weighted by Crippen LogP contribution is -2.30.